The van der Waals surface area contributed by atoms with Gasteiger partial charge < -0.3 is 4.42 Å². The van der Waals surface area contributed by atoms with Crippen molar-refractivity contribution < 1.29 is 4.42 Å². The van der Waals surface area contributed by atoms with E-state index >= 15 is 0 Å². The van der Waals surface area contributed by atoms with Crippen molar-refractivity contribution in [2.24, 2.45) is 0 Å². The molecule has 1 atom stereocenters. The van der Waals surface area contributed by atoms with Crippen molar-refractivity contribution in [3.8, 4) is 0 Å². The topological polar surface area (TPSA) is 13.1 Å². The van der Waals surface area contributed by atoms with Crippen LogP contribution in [-0.2, 0) is 0 Å². The van der Waals surface area contributed by atoms with E-state index in [1.54, 1.807) is 18.2 Å². The first kappa shape index (κ1) is 11.8. The Bertz CT molecular complexity index is 505. The molecule has 0 N–H and O–H groups in total. The first-order chi connectivity index (χ1) is 7.58. The summed E-state index contributed by atoms with van der Waals surface area (Å²) in [6.45, 7) is 1.87. The lowest BCUT2D eigenvalue weighted by Crippen LogP contribution is -1.92. The molecule has 1 nitrogen and oxygen atoms in total. The summed E-state index contributed by atoms with van der Waals surface area (Å²) in [5.41, 5.74) is 0.755. The molecule has 0 saturated carbocycles. The Hall–Kier alpha value is -0.630. The van der Waals surface area contributed by atoms with Gasteiger partial charge in [-0.05, 0) is 42.8 Å². The number of benzene rings is 1. The summed E-state index contributed by atoms with van der Waals surface area (Å²) < 4.78 is 5.46. The largest absolute Gasteiger partial charge is 0.464 e. The molecule has 16 heavy (non-hydrogen) atoms. The van der Waals surface area contributed by atoms with Crippen LogP contribution >= 0.6 is 34.8 Å². The lowest BCUT2D eigenvalue weighted by atomic mass is 10.1. The molecule has 0 aliphatic rings. The maximum Gasteiger partial charge on any atom is 0.126 e. The van der Waals surface area contributed by atoms with Gasteiger partial charge in [-0.15, -0.1) is 11.6 Å². The second kappa shape index (κ2) is 4.70. The third-order valence-corrected chi connectivity index (χ3v) is 3.27. The Morgan fingerprint density at radius 3 is 2.50 bits per heavy atom. The number of furan rings is 1. The minimum Gasteiger partial charge on any atom is -0.464 e. The van der Waals surface area contributed by atoms with Crippen molar-refractivity contribution >= 4 is 34.8 Å². The Morgan fingerprint density at radius 2 is 1.88 bits per heavy atom. The van der Waals surface area contributed by atoms with Crippen molar-refractivity contribution in [3.05, 3.63) is 57.5 Å². The maximum atomic E-state index is 6.29. The average Bonchev–Trinajstić information content (AvgIpc) is 2.67. The molecule has 0 fully saturated rings. The SMILES string of the molecule is Cc1ccc(C(Cl)c2cc(Cl)ccc2Cl)o1. The van der Waals surface area contributed by atoms with Crippen molar-refractivity contribution in [2.45, 2.75) is 12.3 Å². The molecule has 0 amide bonds. The molecule has 2 rings (SSSR count). The minimum atomic E-state index is -0.417. The quantitative estimate of drug-likeness (QED) is 0.685. The van der Waals surface area contributed by atoms with Gasteiger partial charge in [0.05, 0.1) is 0 Å². The van der Waals surface area contributed by atoms with E-state index in [1.165, 1.54) is 0 Å². The molecule has 0 bridgehead atoms. The molecular weight excluding hydrogens is 266 g/mol. The van der Waals surface area contributed by atoms with Gasteiger partial charge in [-0.2, -0.15) is 0 Å². The minimum absolute atomic E-state index is 0.417. The fraction of sp³-hybridized carbons (Fsp3) is 0.167. The second-order valence-corrected chi connectivity index (χ2v) is 4.76. The number of hydrogen-bond acceptors (Lipinski definition) is 1. The van der Waals surface area contributed by atoms with Crippen LogP contribution in [0.3, 0.4) is 0 Å². The van der Waals surface area contributed by atoms with Gasteiger partial charge in [0.25, 0.3) is 0 Å². The molecule has 1 aromatic heterocycles. The normalized spacial score (nSPS) is 12.8. The maximum absolute atomic E-state index is 6.29. The van der Waals surface area contributed by atoms with Gasteiger partial charge >= 0.3 is 0 Å². The van der Waals surface area contributed by atoms with E-state index in [0.717, 1.165) is 11.3 Å². The number of alkyl halides is 1. The smallest absolute Gasteiger partial charge is 0.126 e. The molecule has 0 aliphatic carbocycles. The van der Waals surface area contributed by atoms with Gasteiger partial charge in [0, 0.05) is 10.0 Å². The zero-order valence-electron chi connectivity index (χ0n) is 8.51. The lowest BCUT2D eigenvalue weighted by Gasteiger charge is -2.09. The summed E-state index contributed by atoms with van der Waals surface area (Å²) in [5.74, 6) is 1.49. The zero-order chi connectivity index (χ0) is 11.7. The first-order valence-corrected chi connectivity index (χ1v) is 5.92. The van der Waals surface area contributed by atoms with Crippen LogP contribution in [0.15, 0.2) is 34.7 Å². The highest BCUT2D eigenvalue weighted by Gasteiger charge is 2.17. The predicted molar refractivity (Wildman–Crippen MR) is 67.6 cm³/mol. The summed E-state index contributed by atoms with van der Waals surface area (Å²) in [7, 11) is 0. The molecule has 0 aliphatic heterocycles. The average molecular weight is 276 g/mol. The Kier molecular flexibility index (Phi) is 3.48. The van der Waals surface area contributed by atoms with E-state index < -0.39 is 5.38 Å². The number of hydrogen-bond donors (Lipinski definition) is 0. The number of aryl methyl sites for hydroxylation is 1. The Balaban J connectivity index is 2.40. The summed E-state index contributed by atoms with van der Waals surface area (Å²) >= 11 is 18.3. The molecule has 1 aromatic carbocycles. The second-order valence-electron chi connectivity index (χ2n) is 3.48. The Morgan fingerprint density at radius 1 is 1.12 bits per heavy atom. The fourth-order valence-corrected chi connectivity index (χ4v) is 2.21. The van der Waals surface area contributed by atoms with Crippen LogP contribution < -0.4 is 0 Å². The third-order valence-electron chi connectivity index (χ3n) is 2.24. The van der Waals surface area contributed by atoms with Gasteiger partial charge in [-0.1, -0.05) is 23.2 Å². The molecule has 4 heteroatoms. The monoisotopic (exact) mass is 274 g/mol. The van der Waals surface area contributed by atoms with Crippen molar-refractivity contribution in [1.29, 1.82) is 0 Å². The molecule has 2 aromatic rings. The summed E-state index contributed by atoms with van der Waals surface area (Å²) in [6.07, 6.45) is 0. The molecular formula is C12H9Cl3O. The van der Waals surface area contributed by atoms with Crippen molar-refractivity contribution in [2.75, 3.05) is 0 Å². The third kappa shape index (κ3) is 2.37. The highest BCUT2D eigenvalue weighted by atomic mass is 35.5. The van der Waals surface area contributed by atoms with Crippen LogP contribution in [0.25, 0.3) is 0 Å². The van der Waals surface area contributed by atoms with Gasteiger partial charge in [0.1, 0.15) is 16.9 Å². The molecule has 0 radical (unpaired) electrons. The van der Waals surface area contributed by atoms with E-state index in [0.29, 0.717) is 15.8 Å². The van der Waals surface area contributed by atoms with Crippen LogP contribution in [0.2, 0.25) is 10.0 Å². The predicted octanol–water partition coefficient (Wildman–Crippen LogP) is 5.22. The summed E-state index contributed by atoms with van der Waals surface area (Å²) in [5, 5.41) is 0.770. The standard InChI is InChI=1S/C12H9Cl3O/c1-7-2-5-11(16-7)12(15)9-6-8(13)3-4-10(9)14/h2-6,12H,1H3. The number of halogens is 3. The van der Waals surface area contributed by atoms with Crippen molar-refractivity contribution in [1.82, 2.24) is 0 Å². The van der Waals surface area contributed by atoms with Gasteiger partial charge in [-0.3, -0.25) is 0 Å². The van der Waals surface area contributed by atoms with Crippen LogP contribution in [0.4, 0.5) is 0 Å². The number of rotatable bonds is 2. The van der Waals surface area contributed by atoms with Crippen LogP contribution in [0.1, 0.15) is 22.5 Å². The van der Waals surface area contributed by atoms with E-state index in [-0.39, 0.29) is 0 Å². The van der Waals surface area contributed by atoms with Gasteiger partial charge in [0.15, 0.2) is 0 Å². The molecule has 0 spiro atoms. The summed E-state index contributed by atoms with van der Waals surface area (Å²) in [6, 6.07) is 8.90. The molecule has 84 valence electrons. The van der Waals surface area contributed by atoms with E-state index in [9.17, 15) is 0 Å². The van der Waals surface area contributed by atoms with Crippen LogP contribution in [0.5, 0.6) is 0 Å². The van der Waals surface area contributed by atoms with Crippen LogP contribution in [0, 0.1) is 6.92 Å². The summed E-state index contributed by atoms with van der Waals surface area (Å²) in [4.78, 5) is 0. The molecule has 1 heterocycles. The lowest BCUT2D eigenvalue weighted by molar-refractivity contribution is 0.489. The Labute approximate surface area is 109 Å². The van der Waals surface area contributed by atoms with Gasteiger partial charge in [0.2, 0.25) is 0 Å². The first-order valence-electron chi connectivity index (χ1n) is 4.73. The highest BCUT2D eigenvalue weighted by Crippen LogP contribution is 2.35. The van der Waals surface area contributed by atoms with Crippen LogP contribution in [-0.4, -0.2) is 0 Å². The van der Waals surface area contributed by atoms with E-state index in [1.807, 2.05) is 19.1 Å². The van der Waals surface area contributed by atoms with Crippen molar-refractivity contribution in [3.63, 3.8) is 0 Å². The fourth-order valence-electron chi connectivity index (χ4n) is 1.45. The van der Waals surface area contributed by atoms with Gasteiger partial charge in [-0.25, -0.2) is 0 Å². The van der Waals surface area contributed by atoms with E-state index in [2.05, 4.69) is 0 Å². The molecule has 0 saturated heterocycles. The van der Waals surface area contributed by atoms with E-state index in [4.69, 9.17) is 39.2 Å². The molecule has 1 unspecified atom stereocenters. The zero-order valence-corrected chi connectivity index (χ0v) is 10.8. The highest BCUT2D eigenvalue weighted by molar-refractivity contribution is 6.35.